The Kier molecular flexibility index (Phi) is 8.25. The molecular weight excluding hydrogens is 232 g/mol. The van der Waals surface area contributed by atoms with Gasteiger partial charge in [0.15, 0.2) is 17.5 Å². The molecule has 0 aliphatic heterocycles. The minimum atomic E-state index is -1.47. The number of Topliss-reactive ketones (excluding diaryl/α,β-unsaturated/α-hetero) is 2. The van der Waals surface area contributed by atoms with Crippen LogP contribution < -0.4 is 0 Å². The predicted molar refractivity (Wildman–Crippen MR) is 69.4 cm³/mol. The van der Waals surface area contributed by atoms with E-state index >= 15 is 0 Å². The molecular formula is C14H24O4. The zero-order chi connectivity index (χ0) is 14.1. The summed E-state index contributed by atoms with van der Waals surface area (Å²) in [5.74, 6) is -4.04. The number of carbonyl (C=O) groups is 3. The van der Waals surface area contributed by atoms with Crippen LogP contribution in [0.1, 0.15) is 59.3 Å². The van der Waals surface area contributed by atoms with Crippen molar-refractivity contribution in [1.82, 2.24) is 0 Å². The molecule has 0 aliphatic carbocycles. The Labute approximate surface area is 109 Å². The number of carboxylic acids is 1. The Morgan fingerprint density at radius 1 is 1.00 bits per heavy atom. The van der Waals surface area contributed by atoms with E-state index < -0.39 is 23.5 Å². The topological polar surface area (TPSA) is 71.4 Å². The maximum Gasteiger partial charge on any atom is 0.321 e. The summed E-state index contributed by atoms with van der Waals surface area (Å²) in [5.41, 5.74) is 0. The van der Waals surface area contributed by atoms with E-state index in [1.54, 1.807) is 0 Å². The summed E-state index contributed by atoms with van der Waals surface area (Å²) in [4.78, 5) is 34.4. The van der Waals surface area contributed by atoms with Crippen molar-refractivity contribution >= 4 is 17.5 Å². The number of carboxylic acid groups (broad SMARTS) is 1. The molecule has 0 aliphatic rings. The van der Waals surface area contributed by atoms with E-state index in [0.29, 0.717) is 12.8 Å². The number of unbranched alkanes of at least 4 members (excludes halogenated alkanes) is 2. The molecule has 0 aromatic heterocycles. The molecule has 0 rings (SSSR count). The van der Waals surface area contributed by atoms with Gasteiger partial charge in [0.25, 0.3) is 0 Å². The van der Waals surface area contributed by atoms with Gasteiger partial charge in [-0.2, -0.15) is 0 Å². The monoisotopic (exact) mass is 256 g/mol. The average molecular weight is 256 g/mol. The summed E-state index contributed by atoms with van der Waals surface area (Å²) in [5, 5.41) is 8.97. The fraction of sp³-hybridized carbons (Fsp3) is 0.786. The number of carbonyl (C=O) groups excluding carboxylic acids is 2. The summed E-state index contributed by atoms with van der Waals surface area (Å²) in [6.07, 6.45) is 5.09. The van der Waals surface area contributed by atoms with Crippen LogP contribution in [0.3, 0.4) is 0 Å². The summed E-state index contributed by atoms with van der Waals surface area (Å²) < 4.78 is 0. The molecule has 0 bridgehead atoms. The molecule has 4 nitrogen and oxygen atoms in total. The molecule has 0 saturated heterocycles. The molecule has 0 saturated carbocycles. The van der Waals surface area contributed by atoms with Gasteiger partial charge in [0.1, 0.15) is 0 Å². The highest BCUT2D eigenvalue weighted by atomic mass is 16.4. The molecule has 104 valence electrons. The first kappa shape index (κ1) is 16.8. The van der Waals surface area contributed by atoms with Crippen LogP contribution in [0.5, 0.6) is 0 Å². The maximum atomic E-state index is 12.1. The number of hydrogen-bond donors (Lipinski definition) is 1. The summed E-state index contributed by atoms with van der Waals surface area (Å²) in [7, 11) is 0. The smallest absolute Gasteiger partial charge is 0.321 e. The van der Waals surface area contributed by atoms with Crippen molar-refractivity contribution in [2.75, 3.05) is 0 Å². The van der Waals surface area contributed by atoms with Gasteiger partial charge in [-0.25, -0.2) is 0 Å². The van der Waals surface area contributed by atoms with E-state index in [1.807, 2.05) is 13.8 Å². The lowest BCUT2D eigenvalue weighted by Crippen LogP contribution is -2.35. The highest BCUT2D eigenvalue weighted by Gasteiger charge is 2.35. The highest BCUT2D eigenvalue weighted by molar-refractivity contribution is 6.16. The van der Waals surface area contributed by atoms with Gasteiger partial charge in [0, 0.05) is 5.92 Å². The largest absolute Gasteiger partial charge is 0.480 e. The number of hydrogen-bond acceptors (Lipinski definition) is 3. The van der Waals surface area contributed by atoms with Crippen molar-refractivity contribution in [1.29, 1.82) is 0 Å². The first-order valence-electron chi connectivity index (χ1n) is 6.72. The molecule has 1 unspecified atom stereocenters. The van der Waals surface area contributed by atoms with Crippen LogP contribution in [0, 0.1) is 11.8 Å². The van der Waals surface area contributed by atoms with E-state index in [9.17, 15) is 14.4 Å². The Morgan fingerprint density at radius 3 is 1.72 bits per heavy atom. The zero-order valence-electron chi connectivity index (χ0n) is 11.6. The van der Waals surface area contributed by atoms with Crippen LogP contribution in [0.25, 0.3) is 0 Å². The molecule has 0 aromatic rings. The van der Waals surface area contributed by atoms with Crippen molar-refractivity contribution in [2.24, 2.45) is 11.8 Å². The van der Waals surface area contributed by atoms with Crippen LogP contribution in [0.4, 0.5) is 0 Å². The molecule has 0 radical (unpaired) electrons. The second kappa shape index (κ2) is 8.84. The van der Waals surface area contributed by atoms with E-state index in [2.05, 4.69) is 0 Å². The van der Waals surface area contributed by atoms with Crippen LogP contribution in [-0.2, 0) is 14.4 Å². The van der Waals surface area contributed by atoms with E-state index in [1.165, 1.54) is 6.92 Å². The van der Waals surface area contributed by atoms with Crippen LogP contribution >= 0.6 is 0 Å². The molecule has 18 heavy (non-hydrogen) atoms. The van der Waals surface area contributed by atoms with Crippen molar-refractivity contribution in [3.63, 3.8) is 0 Å². The first-order chi connectivity index (χ1) is 8.45. The third kappa shape index (κ3) is 5.43. The standard InChI is InChI=1S/C14H24O4/c1-4-6-8-11(9-7-5-2)13(16)12(10(3)15)14(17)18/h11-12H,4-9H2,1-3H3,(H,17,18). The predicted octanol–water partition coefficient (Wildman–Crippen LogP) is 2.84. The Morgan fingerprint density at radius 2 is 1.44 bits per heavy atom. The van der Waals surface area contributed by atoms with Gasteiger partial charge in [0.05, 0.1) is 0 Å². The van der Waals surface area contributed by atoms with Crippen molar-refractivity contribution < 1.29 is 19.5 Å². The van der Waals surface area contributed by atoms with Crippen LogP contribution in [-0.4, -0.2) is 22.6 Å². The van der Waals surface area contributed by atoms with Crippen molar-refractivity contribution in [3.8, 4) is 0 Å². The quantitative estimate of drug-likeness (QED) is 0.610. The minimum Gasteiger partial charge on any atom is -0.480 e. The molecule has 0 heterocycles. The summed E-state index contributed by atoms with van der Waals surface area (Å²) >= 11 is 0. The average Bonchev–Trinajstić information content (AvgIpc) is 2.28. The highest BCUT2D eigenvalue weighted by Crippen LogP contribution is 2.21. The molecule has 0 spiro atoms. The number of aliphatic carboxylic acids is 1. The maximum absolute atomic E-state index is 12.1. The van der Waals surface area contributed by atoms with Crippen molar-refractivity contribution in [2.45, 2.75) is 59.3 Å². The molecule has 0 fully saturated rings. The molecule has 0 amide bonds. The lowest BCUT2D eigenvalue weighted by molar-refractivity contribution is -0.151. The Balaban J connectivity index is 4.78. The van der Waals surface area contributed by atoms with Crippen molar-refractivity contribution in [3.05, 3.63) is 0 Å². The van der Waals surface area contributed by atoms with Gasteiger partial charge in [-0.3, -0.25) is 14.4 Å². The molecule has 0 aromatic carbocycles. The summed E-state index contributed by atoms with van der Waals surface area (Å²) in [6.45, 7) is 5.23. The van der Waals surface area contributed by atoms with Gasteiger partial charge in [-0.1, -0.05) is 39.5 Å². The van der Waals surface area contributed by atoms with Gasteiger partial charge >= 0.3 is 5.97 Å². The lowest BCUT2D eigenvalue weighted by Gasteiger charge is -2.18. The Bertz CT molecular complexity index is 274. The molecule has 4 heteroatoms. The zero-order valence-corrected chi connectivity index (χ0v) is 11.6. The third-order valence-corrected chi connectivity index (χ3v) is 3.15. The second-order valence-corrected chi connectivity index (χ2v) is 4.77. The second-order valence-electron chi connectivity index (χ2n) is 4.77. The normalized spacial score (nSPS) is 12.4. The Hall–Kier alpha value is -1.19. The first-order valence-corrected chi connectivity index (χ1v) is 6.72. The third-order valence-electron chi connectivity index (χ3n) is 3.15. The fourth-order valence-corrected chi connectivity index (χ4v) is 2.06. The SMILES string of the molecule is CCCCC(CCCC)C(=O)C(C(C)=O)C(=O)O. The summed E-state index contributed by atoms with van der Waals surface area (Å²) in [6, 6.07) is 0. The van der Waals surface area contributed by atoms with Gasteiger partial charge in [0.2, 0.25) is 0 Å². The molecule has 1 atom stereocenters. The van der Waals surface area contributed by atoms with Gasteiger partial charge < -0.3 is 5.11 Å². The fourth-order valence-electron chi connectivity index (χ4n) is 2.06. The van der Waals surface area contributed by atoms with Gasteiger partial charge in [-0.15, -0.1) is 0 Å². The minimum absolute atomic E-state index is 0.283. The van der Waals surface area contributed by atoms with E-state index in [0.717, 1.165) is 25.7 Å². The lowest BCUT2D eigenvalue weighted by atomic mass is 9.84. The van der Waals surface area contributed by atoms with E-state index in [4.69, 9.17) is 5.11 Å². The molecule has 1 N–H and O–H groups in total. The van der Waals surface area contributed by atoms with E-state index in [-0.39, 0.29) is 5.92 Å². The van der Waals surface area contributed by atoms with Crippen LogP contribution in [0.15, 0.2) is 0 Å². The number of rotatable bonds is 10. The number of ketones is 2. The van der Waals surface area contributed by atoms with Crippen LogP contribution in [0.2, 0.25) is 0 Å². The van der Waals surface area contributed by atoms with Gasteiger partial charge in [-0.05, 0) is 19.8 Å².